The first-order valence-corrected chi connectivity index (χ1v) is 10.1. The van der Waals surface area contributed by atoms with E-state index in [9.17, 15) is 9.59 Å². The molecule has 3 aromatic rings. The summed E-state index contributed by atoms with van der Waals surface area (Å²) in [5, 5.41) is 2.78. The van der Waals surface area contributed by atoms with Crippen LogP contribution >= 0.6 is 11.3 Å². The highest BCUT2D eigenvalue weighted by molar-refractivity contribution is 7.10. The minimum absolute atomic E-state index is 0.491. The van der Waals surface area contributed by atoms with Crippen LogP contribution in [-0.4, -0.2) is 23.0 Å². The Bertz CT molecular complexity index is 1090. The van der Waals surface area contributed by atoms with Crippen molar-refractivity contribution in [3.63, 3.8) is 0 Å². The predicted molar refractivity (Wildman–Crippen MR) is 111 cm³/mol. The molecule has 2 heterocycles. The molecule has 0 unspecified atom stereocenters. The standard InChI is InChI=1S/C22H20N2O3S/c1-13(21(23)25)27-22(26)19-16-8-2-3-10-18(16)24-20-14(6-4-9-17(19)20)12-15-7-5-11-28-15/h2-3,5,7-8,10-13H,4,6,9H2,1H3,(H2,23,25)/b14-12-/t13-/m1/s1. The van der Waals surface area contributed by atoms with Crippen molar-refractivity contribution in [2.24, 2.45) is 5.73 Å². The van der Waals surface area contributed by atoms with E-state index in [1.54, 1.807) is 11.3 Å². The molecule has 0 saturated heterocycles. The first-order chi connectivity index (χ1) is 13.5. The van der Waals surface area contributed by atoms with Crippen molar-refractivity contribution in [2.75, 3.05) is 0 Å². The number of fused-ring (bicyclic) bond motifs is 2. The summed E-state index contributed by atoms with van der Waals surface area (Å²) in [7, 11) is 0. The molecule has 0 bridgehead atoms. The quantitative estimate of drug-likeness (QED) is 0.675. The van der Waals surface area contributed by atoms with E-state index in [0.29, 0.717) is 5.56 Å². The molecule has 6 heteroatoms. The molecule has 0 saturated carbocycles. The number of hydrogen-bond acceptors (Lipinski definition) is 5. The molecule has 1 aliphatic rings. The number of amides is 1. The smallest absolute Gasteiger partial charge is 0.339 e. The normalized spacial score (nSPS) is 16.0. The Morgan fingerprint density at radius 3 is 2.79 bits per heavy atom. The van der Waals surface area contributed by atoms with Gasteiger partial charge in [0.25, 0.3) is 5.91 Å². The van der Waals surface area contributed by atoms with Crippen molar-refractivity contribution in [1.82, 2.24) is 4.98 Å². The lowest BCUT2D eigenvalue weighted by molar-refractivity contribution is -0.125. The number of primary amides is 1. The van der Waals surface area contributed by atoms with Gasteiger partial charge in [-0.2, -0.15) is 0 Å². The van der Waals surface area contributed by atoms with Gasteiger partial charge in [0, 0.05) is 10.3 Å². The van der Waals surface area contributed by atoms with E-state index >= 15 is 0 Å². The summed E-state index contributed by atoms with van der Waals surface area (Å²) < 4.78 is 5.35. The fourth-order valence-electron chi connectivity index (χ4n) is 3.53. The van der Waals surface area contributed by atoms with Gasteiger partial charge in [0.05, 0.1) is 16.8 Å². The van der Waals surface area contributed by atoms with Crippen molar-refractivity contribution in [2.45, 2.75) is 32.3 Å². The molecule has 2 aromatic heterocycles. The molecule has 1 atom stereocenters. The Hall–Kier alpha value is -2.99. The molecule has 0 spiro atoms. The van der Waals surface area contributed by atoms with Crippen molar-refractivity contribution >= 4 is 45.8 Å². The molecule has 142 valence electrons. The number of rotatable bonds is 4. The van der Waals surface area contributed by atoms with Gasteiger partial charge < -0.3 is 10.5 Å². The van der Waals surface area contributed by atoms with E-state index in [-0.39, 0.29) is 0 Å². The van der Waals surface area contributed by atoms with Gasteiger partial charge in [-0.3, -0.25) is 4.79 Å². The molecule has 28 heavy (non-hydrogen) atoms. The van der Waals surface area contributed by atoms with E-state index < -0.39 is 18.0 Å². The first kappa shape index (κ1) is 18.4. The summed E-state index contributed by atoms with van der Waals surface area (Å²) in [5.41, 5.74) is 9.35. The number of aromatic nitrogens is 1. The van der Waals surface area contributed by atoms with Gasteiger partial charge in [0.2, 0.25) is 0 Å². The number of para-hydroxylation sites is 1. The third kappa shape index (κ3) is 3.43. The van der Waals surface area contributed by atoms with Crippen LogP contribution in [0, 0.1) is 0 Å². The lowest BCUT2D eigenvalue weighted by Gasteiger charge is -2.23. The van der Waals surface area contributed by atoms with Crippen LogP contribution in [0.5, 0.6) is 0 Å². The predicted octanol–water partition coefficient (Wildman–Crippen LogP) is 4.20. The van der Waals surface area contributed by atoms with E-state index in [0.717, 1.165) is 51.9 Å². The molecule has 0 aliphatic heterocycles. The fraction of sp³-hybridized carbons (Fsp3) is 0.227. The van der Waals surface area contributed by atoms with Crippen LogP contribution in [0.3, 0.4) is 0 Å². The Morgan fingerprint density at radius 1 is 1.21 bits per heavy atom. The van der Waals surface area contributed by atoms with Gasteiger partial charge in [-0.25, -0.2) is 9.78 Å². The van der Waals surface area contributed by atoms with Gasteiger partial charge in [-0.1, -0.05) is 24.3 Å². The maximum Gasteiger partial charge on any atom is 0.339 e. The molecule has 4 rings (SSSR count). The first-order valence-electron chi connectivity index (χ1n) is 9.21. The van der Waals surface area contributed by atoms with E-state index in [2.05, 4.69) is 12.1 Å². The fourth-order valence-corrected chi connectivity index (χ4v) is 4.21. The summed E-state index contributed by atoms with van der Waals surface area (Å²) >= 11 is 1.67. The summed E-state index contributed by atoms with van der Waals surface area (Å²) in [6, 6.07) is 11.6. The van der Waals surface area contributed by atoms with Crippen LogP contribution in [0.2, 0.25) is 0 Å². The number of benzene rings is 1. The van der Waals surface area contributed by atoms with Crippen molar-refractivity contribution in [3.8, 4) is 0 Å². The highest BCUT2D eigenvalue weighted by Gasteiger charge is 2.27. The maximum absolute atomic E-state index is 13.0. The van der Waals surface area contributed by atoms with Crippen molar-refractivity contribution in [1.29, 1.82) is 0 Å². The van der Waals surface area contributed by atoms with Gasteiger partial charge in [0.1, 0.15) is 0 Å². The Kier molecular flexibility index (Phi) is 4.96. The summed E-state index contributed by atoms with van der Waals surface area (Å²) in [5.74, 6) is -1.20. The van der Waals surface area contributed by atoms with E-state index in [1.807, 2.05) is 35.7 Å². The zero-order valence-electron chi connectivity index (χ0n) is 15.5. The second-order valence-electron chi connectivity index (χ2n) is 6.82. The van der Waals surface area contributed by atoms with Crippen molar-refractivity contribution in [3.05, 3.63) is 63.5 Å². The molecule has 0 fully saturated rings. The number of thiophene rings is 1. The van der Waals surface area contributed by atoms with Crippen LogP contribution < -0.4 is 5.73 Å². The number of carbonyl (C=O) groups excluding carboxylic acids is 2. The van der Waals surface area contributed by atoms with Gasteiger partial charge in [-0.15, -0.1) is 11.3 Å². The highest BCUT2D eigenvalue weighted by Crippen LogP contribution is 2.36. The van der Waals surface area contributed by atoms with Crippen LogP contribution in [0.25, 0.3) is 22.6 Å². The monoisotopic (exact) mass is 392 g/mol. The Labute approximate surface area is 166 Å². The SMILES string of the molecule is C[C@@H](OC(=O)c1c2c(nc3ccccc13)/C(=C\c1cccs1)CCC2)C(N)=O. The minimum Gasteiger partial charge on any atom is -0.449 e. The molecule has 5 nitrogen and oxygen atoms in total. The summed E-state index contributed by atoms with van der Waals surface area (Å²) in [6.45, 7) is 1.48. The van der Waals surface area contributed by atoms with Crippen LogP contribution in [0.1, 0.15) is 46.3 Å². The number of carbonyl (C=O) groups is 2. The summed E-state index contributed by atoms with van der Waals surface area (Å²) in [4.78, 5) is 30.4. The number of pyridine rings is 1. The van der Waals surface area contributed by atoms with E-state index in [4.69, 9.17) is 15.5 Å². The molecular weight excluding hydrogens is 372 g/mol. The molecule has 2 N–H and O–H groups in total. The van der Waals surface area contributed by atoms with Crippen LogP contribution in [-0.2, 0) is 16.0 Å². The Balaban J connectivity index is 1.89. The third-order valence-electron chi connectivity index (χ3n) is 4.92. The van der Waals surface area contributed by atoms with Crippen LogP contribution in [0.15, 0.2) is 41.8 Å². The van der Waals surface area contributed by atoms with Gasteiger partial charge in [0.15, 0.2) is 6.10 Å². The highest BCUT2D eigenvalue weighted by atomic mass is 32.1. The molecule has 1 amide bonds. The minimum atomic E-state index is -0.986. The topological polar surface area (TPSA) is 82.3 Å². The molecule has 0 radical (unpaired) electrons. The maximum atomic E-state index is 13.0. The lowest BCUT2D eigenvalue weighted by atomic mass is 9.86. The number of allylic oxidation sites excluding steroid dienone is 1. The second-order valence-corrected chi connectivity index (χ2v) is 7.80. The number of nitrogens with two attached hydrogens (primary N) is 1. The number of hydrogen-bond donors (Lipinski definition) is 1. The molecular formula is C22H20N2O3S. The number of esters is 1. The molecule has 1 aromatic carbocycles. The molecule has 1 aliphatic carbocycles. The number of ether oxygens (including phenoxy) is 1. The zero-order chi connectivity index (χ0) is 19.7. The lowest BCUT2D eigenvalue weighted by Crippen LogP contribution is -2.31. The van der Waals surface area contributed by atoms with Crippen molar-refractivity contribution < 1.29 is 14.3 Å². The number of nitrogens with zero attached hydrogens (tertiary/aromatic N) is 1. The van der Waals surface area contributed by atoms with Gasteiger partial charge in [-0.05, 0) is 60.9 Å². The van der Waals surface area contributed by atoms with Crippen LogP contribution in [0.4, 0.5) is 0 Å². The second kappa shape index (κ2) is 7.56. The Morgan fingerprint density at radius 2 is 2.04 bits per heavy atom. The summed E-state index contributed by atoms with van der Waals surface area (Å²) in [6.07, 6.45) is 3.73. The zero-order valence-corrected chi connectivity index (χ0v) is 16.3. The van der Waals surface area contributed by atoms with E-state index in [1.165, 1.54) is 6.92 Å². The largest absolute Gasteiger partial charge is 0.449 e. The van der Waals surface area contributed by atoms with Gasteiger partial charge >= 0.3 is 5.97 Å². The average Bonchev–Trinajstić information content (AvgIpc) is 3.19. The average molecular weight is 392 g/mol. The third-order valence-corrected chi connectivity index (χ3v) is 5.74.